The number of aliphatic hydroxyl groups is 1. The normalized spacial score (nSPS) is 13.0. The van der Waals surface area contributed by atoms with Crippen molar-refractivity contribution in [2.24, 2.45) is 0 Å². The minimum Gasteiger partial charge on any atom is -0.388 e. The molecule has 0 saturated heterocycles. The predicted molar refractivity (Wildman–Crippen MR) is 92.7 cm³/mol. The maximum Gasteiger partial charge on any atom is 0.315 e. The van der Waals surface area contributed by atoms with Gasteiger partial charge in [-0.15, -0.1) is 10.2 Å². The lowest BCUT2D eigenvalue weighted by molar-refractivity contribution is 0.0348. The summed E-state index contributed by atoms with van der Waals surface area (Å²) in [6.07, 6.45) is 4.74. The van der Waals surface area contributed by atoms with E-state index in [1.807, 2.05) is 42.6 Å². The fraction of sp³-hybridized carbons (Fsp3) is 0.588. The van der Waals surface area contributed by atoms with Gasteiger partial charge in [-0.3, -0.25) is 4.40 Å². The van der Waals surface area contributed by atoms with E-state index in [1.165, 1.54) is 0 Å². The van der Waals surface area contributed by atoms with Crippen LogP contribution in [0.3, 0.4) is 0 Å². The molecule has 2 amide bonds. The molecule has 0 radical (unpaired) electrons. The van der Waals surface area contributed by atoms with Crippen molar-refractivity contribution in [3.05, 3.63) is 30.2 Å². The molecule has 0 aliphatic carbocycles. The zero-order valence-corrected chi connectivity index (χ0v) is 14.6. The molecule has 0 bridgehead atoms. The van der Waals surface area contributed by atoms with Gasteiger partial charge in [-0.1, -0.05) is 33.3 Å². The number of amides is 2. The van der Waals surface area contributed by atoms with Gasteiger partial charge >= 0.3 is 6.03 Å². The maximum atomic E-state index is 12.2. The van der Waals surface area contributed by atoms with E-state index < -0.39 is 5.60 Å². The highest BCUT2D eigenvalue weighted by Gasteiger charge is 2.24. The molecule has 2 heterocycles. The third-order valence-electron chi connectivity index (χ3n) is 4.43. The summed E-state index contributed by atoms with van der Waals surface area (Å²) in [5.41, 5.74) is -0.110. The van der Waals surface area contributed by atoms with E-state index in [0.29, 0.717) is 18.7 Å². The van der Waals surface area contributed by atoms with E-state index in [1.54, 1.807) is 0 Å². The Hall–Kier alpha value is -2.15. The number of aromatic nitrogens is 3. The number of hydrogen-bond donors (Lipinski definition) is 3. The van der Waals surface area contributed by atoms with Crippen LogP contribution < -0.4 is 10.6 Å². The van der Waals surface area contributed by atoms with Crippen molar-refractivity contribution in [2.45, 2.75) is 58.1 Å². The minimum atomic E-state index is -0.862. The van der Waals surface area contributed by atoms with Gasteiger partial charge in [0, 0.05) is 12.7 Å². The Kier molecular flexibility index (Phi) is 6.14. The van der Waals surface area contributed by atoms with Crippen LogP contribution in [0.1, 0.15) is 58.3 Å². The van der Waals surface area contributed by atoms with Crippen molar-refractivity contribution in [1.29, 1.82) is 0 Å². The quantitative estimate of drug-likeness (QED) is 0.692. The summed E-state index contributed by atoms with van der Waals surface area (Å²) >= 11 is 0. The fourth-order valence-corrected chi connectivity index (χ4v) is 2.61. The number of carbonyl (C=O) groups is 1. The van der Waals surface area contributed by atoms with Crippen LogP contribution in [0.2, 0.25) is 0 Å². The number of hydrogen-bond acceptors (Lipinski definition) is 4. The first-order valence-corrected chi connectivity index (χ1v) is 8.59. The van der Waals surface area contributed by atoms with E-state index in [-0.39, 0.29) is 18.6 Å². The second kappa shape index (κ2) is 8.10. The van der Waals surface area contributed by atoms with E-state index in [4.69, 9.17) is 0 Å². The zero-order valence-electron chi connectivity index (χ0n) is 14.6. The lowest BCUT2D eigenvalue weighted by Crippen LogP contribution is -2.46. The van der Waals surface area contributed by atoms with Gasteiger partial charge < -0.3 is 15.7 Å². The summed E-state index contributed by atoms with van der Waals surface area (Å²) < 4.78 is 1.88. The van der Waals surface area contributed by atoms with Gasteiger partial charge in [-0.05, 0) is 31.4 Å². The van der Waals surface area contributed by atoms with Crippen molar-refractivity contribution < 1.29 is 9.90 Å². The van der Waals surface area contributed by atoms with Gasteiger partial charge in [0.15, 0.2) is 11.5 Å². The third-order valence-corrected chi connectivity index (χ3v) is 4.43. The molecule has 0 aliphatic heterocycles. The molecular formula is C17H27N5O2. The molecule has 0 aliphatic rings. The summed E-state index contributed by atoms with van der Waals surface area (Å²) in [5.74, 6) is 0.712. The van der Waals surface area contributed by atoms with Gasteiger partial charge in [0.25, 0.3) is 0 Å². The van der Waals surface area contributed by atoms with Crippen molar-refractivity contribution in [3.63, 3.8) is 0 Å². The van der Waals surface area contributed by atoms with Gasteiger partial charge in [0.2, 0.25) is 0 Å². The highest BCUT2D eigenvalue weighted by molar-refractivity contribution is 5.74. The largest absolute Gasteiger partial charge is 0.388 e. The van der Waals surface area contributed by atoms with Crippen molar-refractivity contribution in [2.75, 3.05) is 6.54 Å². The summed E-state index contributed by atoms with van der Waals surface area (Å²) in [6, 6.07) is 5.15. The first-order chi connectivity index (χ1) is 11.5. The van der Waals surface area contributed by atoms with Gasteiger partial charge in [0.05, 0.1) is 11.6 Å². The standard InChI is InChI=1S/C17H27N5O2/c1-4-9-13(15-21-20-14-10-7-8-11-22(14)15)19-16(23)18-12-17(24,5-2)6-3/h7-8,10-11,13,24H,4-6,9,12H2,1-3H3,(H2,18,19,23). The topological polar surface area (TPSA) is 91.5 Å². The van der Waals surface area contributed by atoms with Crippen molar-refractivity contribution in [1.82, 2.24) is 25.2 Å². The first kappa shape index (κ1) is 18.2. The Labute approximate surface area is 142 Å². The molecular weight excluding hydrogens is 306 g/mol. The average molecular weight is 333 g/mol. The second-order valence-electron chi connectivity index (χ2n) is 6.09. The SMILES string of the molecule is CCCC(NC(=O)NCC(O)(CC)CC)c1nnc2ccccn12. The summed E-state index contributed by atoms with van der Waals surface area (Å²) in [5, 5.41) is 24.4. The molecule has 3 N–H and O–H groups in total. The number of carbonyl (C=O) groups excluding carboxylic acids is 1. The van der Waals surface area contributed by atoms with Crippen LogP contribution in [0.25, 0.3) is 5.65 Å². The lowest BCUT2D eigenvalue weighted by Gasteiger charge is -2.26. The Morgan fingerprint density at radius 3 is 2.71 bits per heavy atom. The molecule has 0 saturated carbocycles. The molecule has 0 aromatic carbocycles. The van der Waals surface area contributed by atoms with Crippen LogP contribution in [0, 0.1) is 0 Å². The van der Waals surface area contributed by atoms with Crippen LogP contribution in [0.5, 0.6) is 0 Å². The zero-order chi connectivity index (χ0) is 17.6. The van der Waals surface area contributed by atoms with Crippen LogP contribution in [-0.4, -0.2) is 37.9 Å². The van der Waals surface area contributed by atoms with E-state index in [0.717, 1.165) is 18.5 Å². The number of nitrogens with zero attached hydrogens (tertiary/aromatic N) is 3. The highest BCUT2D eigenvalue weighted by atomic mass is 16.3. The Balaban J connectivity index is 2.07. The van der Waals surface area contributed by atoms with E-state index in [9.17, 15) is 9.90 Å². The Bertz CT molecular complexity index is 666. The van der Waals surface area contributed by atoms with Crippen molar-refractivity contribution in [3.8, 4) is 0 Å². The summed E-state index contributed by atoms with van der Waals surface area (Å²) in [6.45, 7) is 6.10. The number of urea groups is 1. The van der Waals surface area contributed by atoms with Crippen LogP contribution in [-0.2, 0) is 0 Å². The van der Waals surface area contributed by atoms with Crippen LogP contribution >= 0.6 is 0 Å². The molecule has 2 aromatic heterocycles. The maximum absolute atomic E-state index is 12.2. The Morgan fingerprint density at radius 1 is 1.29 bits per heavy atom. The van der Waals surface area contributed by atoms with E-state index >= 15 is 0 Å². The number of nitrogens with one attached hydrogen (secondary N) is 2. The molecule has 2 rings (SSSR count). The molecule has 0 spiro atoms. The molecule has 132 valence electrons. The lowest BCUT2D eigenvalue weighted by atomic mass is 9.98. The molecule has 0 fully saturated rings. The highest BCUT2D eigenvalue weighted by Crippen LogP contribution is 2.18. The molecule has 7 nitrogen and oxygen atoms in total. The van der Waals surface area contributed by atoms with Crippen LogP contribution in [0.4, 0.5) is 4.79 Å². The minimum absolute atomic E-state index is 0.227. The number of pyridine rings is 1. The van der Waals surface area contributed by atoms with Crippen molar-refractivity contribution >= 4 is 11.7 Å². The number of rotatable bonds is 8. The number of fused-ring (bicyclic) bond motifs is 1. The molecule has 1 atom stereocenters. The molecule has 2 aromatic rings. The summed E-state index contributed by atoms with van der Waals surface area (Å²) in [4.78, 5) is 12.2. The smallest absolute Gasteiger partial charge is 0.315 e. The Morgan fingerprint density at radius 2 is 2.04 bits per heavy atom. The fourth-order valence-electron chi connectivity index (χ4n) is 2.61. The predicted octanol–water partition coefficient (Wildman–Crippen LogP) is 2.42. The average Bonchev–Trinajstić information content (AvgIpc) is 3.03. The van der Waals surface area contributed by atoms with Gasteiger partial charge in [-0.2, -0.15) is 0 Å². The molecule has 1 unspecified atom stereocenters. The molecule has 24 heavy (non-hydrogen) atoms. The first-order valence-electron chi connectivity index (χ1n) is 8.59. The monoisotopic (exact) mass is 333 g/mol. The van der Waals surface area contributed by atoms with Gasteiger partial charge in [-0.25, -0.2) is 4.79 Å². The van der Waals surface area contributed by atoms with Crippen LogP contribution in [0.15, 0.2) is 24.4 Å². The molecule has 7 heteroatoms. The van der Waals surface area contributed by atoms with E-state index in [2.05, 4.69) is 27.8 Å². The summed E-state index contributed by atoms with van der Waals surface area (Å²) in [7, 11) is 0. The third kappa shape index (κ3) is 4.23. The van der Waals surface area contributed by atoms with Gasteiger partial charge in [0.1, 0.15) is 0 Å². The second-order valence-corrected chi connectivity index (χ2v) is 6.09.